The molecule has 0 bridgehead atoms. The van der Waals surface area contributed by atoms with Crippen LogP contribution in [0.25, 0.3) is 0 Å². The van der Waals surface area contributed by atoms with Crippen molar-refractivity contribution in [3.05, 3.63) is 0 Å². The van der Waals surface area contributed by atoms with E-state index in [1.54, 1.807) is 7.05 Å². The van der Waals surface area contributed by atoms with Gasteiger partial charge in [0.1, 0.15) is 0 Å². The molecule has 0 saturated heterocycles. The van der Waals surface area contributed by atoms with Gasteiger partial charge in [0.25, 0.3) is 0 Å². The summed E-state index contributed by atoms with van der Waals surface area (Å²) in [6.07, 6.45) is 8.57. The first-order valence-electron chi connectivity index (χ1n) is 10.0. The predicted octanol–water partition coefficient (Wildman–Crippen LogP) is 1.58. The molecule has 0 spiro atoms. The normalized spacial score (nSPS) is 11.9. The average molecular weight is 431 g/mol. The maximum Gasteiger partial charge on any atom is 0.186 e. The Labute approximate surface area is 180 Å². The molecule has 28 heavy (non-hydrogen) atoms. The predicted molar refractivity (Wildman–Crippen MR) is 129 cm³/mol. The third-order valence-corrected chi connectivity index (χ3v) is 4.56. The molecule has 0 saturated carbocycles. The first kappa shape index (κ1) is 26.6. The van der Waals surface area contributed by atoms with Crippen molar-refractivity contribution in [1.82, 2.24) is 26.8 Å². The van der Waals surface area contributed by atoms with Crippen LogP contribution in [0.15, 0.2) is 10.2 Å². The lowest BCUT2D eigenvalue weighted by atomic mass is 10.1. The molecule has 0 atom stereocenters. The van der Waals surface area contributed by atoms with Crippen LogP contribution >= 0.6 is 24.4 Å². The molecule has 0 unspecified atom stereocenters. The molecule has 0 aliphatic heterocycles. The number of thiocarbonyl (C=S) groups is 2. The molecular weight excluding hydrogens is 392 g/mol. The number of nitrogens with one attached hydrogen (secondary N) is 5. The fourth-order valence-corrected chi connectivity index (χ4v) is 2.36. The highest BCUT2D eigenvalue weighted by Gasteiger charge is 1.99. The molecular formula is C18H38N8S2. The Morgan fingerprint density at radius 1 is 0.750 bits per heavy atom. The number of hydrogen-bond acceptors (Lipinski definition) is 6. The summed E-state index contributed by atoms with van der Waals surface area (Å²) in [7, 11) is 1.73. The van der Waals surface area contributed by atoms with Gasteiger partial charge in [-0.15, -0.1) is 0 Å². The Kier molecular flexibility index (Phi) is 18.1. The van der Waals surface area contributed by atoms with E-state index in [4.69, 9.17) is 30.2 Å². The van der Waals surface area contributed by atoms with Gasteiger partial charge in [0.2, 0.25) is 0 Å². The summed E-state index contributed by atoms with van der Waals surface area (Å²) >= 11 is 10.2. The Morgan fingerprint density at radius 3 is 1.89 bits per heavy atom. The van der Waals surface area contributed by atoms with Crippen molar-refractivity contribution in [3.63, 3.8) is 0 Å². The van der Waals surface area contributed by atoms with E-state index in [0.717, 1.165) is 50.4 Å². The summed E-state index contributed by atoms with van der Waals surface area (Å²) in [6.45, 7) is 7.37. The zero-order chi connectivity index (χ0) is 21.0. The molecule has 0 radical (unpaired) electrons. The van der Waals surface area contributed by atoms with Gasteiger partial charge in [-0.3, -0.25) is 10.9 Å². The molecule has 7 N–H and O–H groups in total. The van der Waals surface area contributed by atoms with E-state index < -0.39 is 0 Å². The van der Waals surface area contributed by atoms with E-state index in [1.807, 2.05) is 13.8 Å². The third-order valence-electron chi connectivity index (χ3n) is 4.02. The van der Waals surface area contributed by atoms with Crippen molar-refractivity contribution in [2.24, 2.45) is 15.9 Å². The monoisotopic (exact) mass is 430 g/mol. The number of nitrogens with two attached hydrogens (primary N) is 1. The van der Waals surface area contributed by atoms with Crippen LogP contribution in [0.2, 0.25) is 0 Å². The number of hydrogen-bond donors (Lipinski definition) is 6. The van der Waals surface area contributed by atoms with Gasteiger partial charge in [-0.2, -0.15) is 10.2 Å². The second-order valence-electron chi connectivity index (χ2n) is 6.47. The van der Waals surface area contributed by atoms with Gasteiger partial charge in [-0.1, -0.05) is 25.7 Å². The molecule has 0 aromatic heterocycles. The molecule has 8 nitrogen and oxygen atoms in total. The lowest BCUT2D eigenvalue weighted by Crippen LogP contribution is -2.35. The molecule has 0 aromatic rings. The standard InChI is InChI=1S/C18H38N8S2/c1-15(23-25-17(27)20-3)16(2)24-26-18(28)22-14-10-13-21-12-9-7-5-4-6-8-11-19/h21H,4-14,19H2,1-3H3,(H2,20,25,27)(H2,22,26,28)/b23-15+,24-16+. The largest absolute Gasteiger partial charge is 0.364 e. The summed E-state index contributed by atoms with van der Waals surface area (Å²) in [5, 5.41) is 18.7. The molecule has 0 rings (SSSR count). The lowest BCUT2D eigenvalue weighted by Gasteiger charge is -2.09. The van der Waals surface area contributed by atoms with Crippen LogP contribution in [0.4, 0.5) is 0 Å². The molecule has 0 aliphatic carbocycles. The Hall–Kier alpha value is -1.36. The number of rotatable bonds is 15. The average Bonchev–Trinajstić information content (AvgIpc) is 2.70. The van der Waals surface area contributed by atoms with Crippen LogP contribution in [0.1, 0.15) is 58.8 Å². The van der Waals surface area contributed by atoms with Gasteiger partial charge < -0.3 is 21.7 Å². The van der Waals surface area contributed by atoms with Crippen molar-refractivity contribution in [2.45, 2.75) is 58.8 Å². The van der Waals surface area contributed by atoms with Gasteiger partial charge in [-0.05, 0) is 77.2 Å². The van der Waals surface area contributed by atoms with E-state index in [2.05, 4.69) is 37.0 Å². The van der Waals surface area contributed by atoms with Crippen LogP contribution in [-0.2, 0) is 0 Å². The topological polar surface area (TPSA) is 111 Å². The van der Waals surface area contributed by atoms with Crippen LogP contribution in [0.5, 0.6) is 0 Å². The molecule has 0 aromatic carbocycles. The number of unbranched alkanes of at least 4 members (excludes halogenated alkanes) is 5. The molecule has 10 heteroatoms. The van der Waals surface area contributed by atoms with Crippen molar-refractivity contribution in [3.8, 4) is 0 Å². The summed E-state index contributed by atoms with van der Waals surface area (Å²) in [6, 6.07) is 0. The summed E-state index contributed by atoms with van der Waals surface area (Å²) in [5.74, 6) is 0. The quantitative estimate of drug-likeness (QED) is 0.101. The minimum absolute atomic E-state index is 0.452. The molecule has 0 aliphatic rings. The fourth-order valence-electron chi connectivity index (χ4n) is 2.17. The highest BCUT2D eigenvalue weighted by Crippen LogP contribution is 2.03. The van der Waals surface area contributed by atoms with E-state index in [9.17, 15) is 0 Å². The van der Waals surface area contributed by atoms with Gasteiger partial charge in [0, 0.05) is 13.6 Å². The summed E-state index contributed by atoms with van der Waals surface area (Å²) in [5.41, 5.74) is 12.5. The van der Waals surface area contributed by atoms with E-state index in [-0.39, 0.29) is 0 Å². The Bertz CT molecular complexity index is 494. The minimum Gasteiger partial charge on any atom is -0.364 e. The van der Waals surface area contributed by atoms with Crippen LogP contribution in [0, 0.1) is 0 Å². The van der Waals surface area contributed by atoms with Crippen LogP contribution in [-0.4, -0.2) is 54.9 Å². The Morgan fingerprint density at radius 2 is 1.29 bits per heavy atom. The molecule has 0 heterocycles. The lowest BCUT2D eigenvalue weighted by molar-refractivity contribution is 0.559. The van der Waals surface area contributed by atoms with Crippen molar-refractivity contribution in [2.75, 3.05) is 33.2 Å². The van der Waals surface area contributed by atoms with Gasteiger partial charge in [0.05, 0.1) is 11.4 Å². The SMILES string of the molecule is CNC(=S)N/N=C(C)/C(C)=N/NC(=S)NCCCNCCCCCCCCN. The van der Waals surface area contributed by atoms with Gasteiger partial charge in [0.15, 0.2) is 10.2 Å². The molecule has 0 amide bonds. The number of hydrazone groups is 2. The maximum absolute atomic E-state index is 5.49. The van der Waals surface area contributed by atoms with Crippen molar-refractivity contribution >= 4 is 46.1 Å². The number of nitrogens with zero attached hydrogens (tertiary/aromatic N) is 2. The van der Waals surface area contributed by atoms with Gasteiger partial charge in [-0.25, -0.2) is 0 Å². The van der Waals surface area contributed by atoms with Crippen LogP contribution in [0.3, 0.4) is 0 Å². The highest BCUT2D eigenvalue weighted by atomic mass is 32.1. The van der Waals surface area contributed by atoms with E-state index in [0.29, 0.717) is 10.2 Å². The zero-order valence-corrected chi connectivity index (χ0v) is 19.2. The van der Waals surface area contributed by atoms with Crippen LogP contribution < -0.4 is 32.5 Å². The maximum atomic E-state index is 5.49. The first-order chi connectivity index (χ1) is 13.5. The smallest absolute Gasteiger partial charge is 0.186 e. The molecule has 0 fully saturated rings. The van der Waals surface area contributed by atoms with E-state index >= 15 is 0 Å². The Balaban J connectivity index is 3.65. The van der Waals surface area contributed by atoms with Crippen molar-refractivity contribution in [1.29, 1.82) is 0 Å². The summed E-state index contributed by atoms with van der Waals surface area (Å²) < 4.78 is 0. The first-order valence-corrected chi connectivity index (χ1v) is 10.8. The summed E-state index contributed by atoms with van der Waals surface area (Å²) in [4.78, 5) is 0. The fraction of sp³-hybridized carbons (Fsp3) is 0.778. The zero-order valence-electron chi connectivity index (χ0n) is 17.6. The second-order valence-corrected chi connectivity index (χ2v) is 7.28. The van der Waals surface area contributed by atoms with Crippen molar-refractivity contribution < 1.29 is 0 Å². The second kappa shape index (κ2) is 19.0. The van der Waals surface area contributed by atoms with E-state index in [1.165, 1.54) is 32.1 Å². The highest BCUT2D eigenvalue weighted by molar-refractivity contribution is 7.80. The third kappa shape index (κ3) is 16.8. The minimum atomic E-state index is 0.452. The van der Waals surface area contributed by atoms with Gasteiger partial charge >= 0.3 is 0 Å². The molecule has 162 valence electrons.